The SMILES string of the molecule is B[C@@H](COCc1ccc(Cl)cc1)[C@@H](OCc1ccc(Cl)cc1)[C@H](F)C=O. The van der Waals surface area contributed by atoms with E-state index in [1.165, 1.54) is 0 Å². The molecule has 0 aliphatic carbocycles. The molecule has 0 aromatic heterocycles. The van der Waals surface area contributed by atoms with Gasteiger partial charge in [0.15, 0.2) is 12.5 Å². The van der Waals surface area contributed by atoms with Crippen molar-refractivity contribution in [1.82, 2.24) is 0 Å². The Kier molecular flexibility index (Phi) is 8.59. The molecule has 138 valence electrons. The Morgan fingerprint density at radius 1 is 0.962 bits per heavy atom. The lowest BCUT2D eigenvalue weighted by Crippen LogP contribution is -2.33. The summed E-state index contributed by atoms with van der Waals surface area (Å²) in [6.07, 6.45) is -2.33. The van der Waals surface area contributed by atoms with E-state index >= 15 is 0 Å². The van der Waals surface area contributed by atoms with Crippen LogP contribution in [0.3, 0.4) is 0 Å². The van der Waals surface area contributed by atoms with Gasteiger partial charge in [0.05, 0.1) is 19.3 Å². The molecule has 0 spiro atoms. The highest BCUT2D eigenvalue weighted by Gasteiger charge is 2.27. The summed E-state index contributed by atoms with van der Waals surface area (Å²) in [5.74, 6) is -0.296. The minimum atomic E-state index is -1.71. The van der Waals surface area contributed by atoms with Crippen molar-refractivity contribution in [3.05, 3.63) is 69.7 Å². The van der Waals surface area contributed by atoms with E-state index in [1.54, 1.807) is 44.2 Å². The molecule has 0 saturated heterocycles. The predicted octanol–water partition coefficient (Wildman–Crippen LogP) is 4.05. The fourth-order valence-electron chi connectivity index (χ4n) is 2.46. The number of carbonyl (C=O) groups excluding carboxylic acids is 1. The van der Waals surface area contributed by atoms with Gasteiger partial charge in [0.1, 0.15) is 7.85 Å². The fourth-order valence-corrected chi connectivity index (χ4v) is 2.71. The number of carbonyl (C=O) groups is 1. The van der Waals surface area contributed by atoms with E-state index in [4.69, 9.17) is 32.7 Å². The fraction of sp³-hybridized carbons (Fsp3) is 0.316. The van der Waals surface area contributed by atoms with Crippen molar-refractivity contribution in [2.24, 2.45) is 0 Å². The number of halogens is 3. The molecule has 3 nitrogen and oxygen atoms in total. The maximum atomic E-state index is 14.0. The summed E-state index contributed by atoms with van der Waals surface area (Å²) in [6, 6.07) is 14.4. The molecule has 0 aliphatic heterocycles. The van der Waals surface area contributed by atoms with E-state index in [2.05, 4.69) is 0 Å². The molecule has 3 atom stereocenters. The van der Waals surface area contributed by atoms with E-state index in [0.29, 0.717) is 16.7 Å². The number of rotatable bonds is 10. The normalized spacial score (nSPS) is 14.6. The van der Waals surface area contributed by atoms with Crippen molar-refractivity contribution in [3.8, 4) is 0 Å². The highest BCUT2D eigenvalue weighted by atomic mass is 35.5. The van der Waals surface area contributed by atoms with Gasteiger partial charge in [-0.1, -0.05) is 47.5 Å². The van der Waals surface area contributed by atoms with E-state index in [1.807, 2.05) is 12.1 Å². The summed E-state index contributed by atoms with van der Waals surface area (Å²) < 4.78 is 25.3. The van der Waals surface area contributed by atoms with Crippen molar-refractivity contribution in [1.29, 1.82) is 0 Å². The summed E-state index contributed by atoms with van der Waals surface area (Å²) in [5.41, 5.74) is 1.82. The molecule has 0 bridgehead atoms. The second-order valence-electron chi connectivity index (χ2n) is 6.10. The second kappa shape index (κ2) is 10.7. The molecule has 0 aliphatic rings. The Balaban J connectivity index is 1.86. The monoisotopic (exact) mass is 396 g/mol. The van der Waals surface area contributed by atoms with Gasteiger partial charge in [-0.05, 0) is 41.2 Å². The lowest BCUT2D eigenvalue weighted by molar-refractivity contribution is -0.119. The van der Waals surface area contributed by atoms with Gasteiger partial charge in [-0.2, -0.15) is 0 Å². The first-order chi connectivity index (χ1) is 12.5. The third-order valence-electron chi connectivity index (χ3n) is 3.92. The van der Waals surface area contributed by atoms with Gasteiger partial charge in [-0.15, -0.1) is 0 Å². The van der Waals surface area contributed by atoms with Crippen molar-refractivity contribution in [2.75, 3.05) is 6.61 Å². The molecular weight excluding hydrogens is 377 g/mol. The van der Waals surface area contributed by atoms with Crippen LogP contribution in [-0.4, -0.2) is 33.0 Å². The van der Waals surface area contributed by atoms with Crippen LogP contribution in [0.2, 0.25) is 15.9 Å². The zero-order chi connectivity index (χ0) is 18.9. The zero-order valence-electron chi connectivity index (χ0n) is 14.4. The lowest BCUT2D eigenvalue weighted by atomic mass is 9.81. The van der Waals surface area contributed by atoms with Gasteiger partial charge in [0.25, 0.3) is 0 Å². The highest BCUT2D eigenvalue weighted by molar-refractivity contribution is 6.30. The smallest absolute Gasteiger partial charge is 0.181 e. The number of aldehydes is 1. The average Bonchev–Trinajstić information content (AvgIpc) is 2.64. The molecule has 0 amide bonds. The van der Waals surface area contributed by atoms with Crippen LogP contribution < -0.4 is 0 Å². The molecule has 0 heterocycles. The van der Waals surface area contributed by atoms with Gasteiger partial charge in [-0.25, -0.2) is 4.39 Å². The van der Waals surface area contributed by atoms with Crippen LogP contribution in [0.5, 0.6) is 0 Å². The highest BCUT2D eigenvalue weighted by Crippen LogP contribution is 2.20. The van der Waals surface area contributed by atoms with Gasteiger partial charge < -0.3 is 14.3 Å². The number of hydrogen-bond acceptors (Lipinski definition) is 3. The summed E-state index contributed by atoms with van der Waals surface area (Å²) in [4.78, 5) is 10.9. The number of ether oxygens (including phenoxy) is 2. The molecule has 2 rings (SSSR count). The minimum Gasteiger partial charge on any atom is -0.377 e. The van der Waals surface area contributed by atoms with Crippen molar-refractivity contribution >= 4 is 37.3 Å². The van der Waals surface area contributed by atoms with Crippen molar-refractivity contribution in [3.63, 3.8) is 0 Å². The summed E-state index contributed by atoms with van der Waals surface area (Å²) in [5, 5.41) is 1.27. The third-order valence-corrected chi connectivity index (χ3v) is 4.43. The Morgan fingerprint density at radius 2 is 1.46 bits per heavy atom. The Hall–Kier alpha value is -1.40. The predicted molar refractivity (Wildman–Crippen MR) is 104 cm³/mol. The average molecular weight is 397 g/mol. The van der Waals surface area contributed by atoms with Gasteiger partial charge in [0.2, 0.25) is 0 Å². The maximum absolute atomic E-state index is 14.0. The van der Waals surface area contributed by atoms with Crippen LogP contribution in [0.15, 0.2) is 48.5 Å². The molecule has 26 heavy (non-hydrogen) atoms. The second-order valence-corrected chi connectivity index (χ2v) is 6.97. The van der Waals surface area contributed by atoms with E-state index in [0.717, 1.165) is 11.1 Å². The van der Waals surface area contributed by atoms with E-state index in [-0.39, 0.29) is 25.3 Å². The minimum absolute atomic E-state index is 0.192. The van der Waals surface area contributed by atoms with Crippen molar-refractivity contribution in [2.45, 2.75) is 31.3 Å². The molecule has 0 saturated carbocycles. The molecule has 0 N–H and O–H groups in total. The van der Waals surface area contributed by atoms with Crippen LogP contribution in [0.1, 0.15) is 11.1 Å². The van der Waals surface area contributed by atoms with Crippen LogP contribution >= 0.6 is 23.2 Å². The Bertz CT molecular complexity index is 682. The van der Waals surface area contributed by atoms with E-state index in [9.17, 15) is 9.18 Å². The number of alkyl halides is 1. The van der Waals surface area contributed by atoms with Crippen molar-refractivity contribution < 1.29 is 18.7 Å². The lowest BCUT2D eigenvalue weighted by Gasteiger charge is -2.25. The number of benzene rings is 2. The topological polar surface area (TPSA) is 35.5 Å². The van der Waals surface area contributed by atoms with Crippen LogP contribution in [0, 0.1) is 0 Å². The molecule has 0 unspecified atom stereocenters. The Morgan fingerprint density at radius 3 is 1.96 bits per heavy atom. The first-order valence-corrected chi connectivity index (χ1v) is 9.02. The molecule has 0 radical (unpaired) electrons. The maximum Gasteiger partial charge on any atom is 0.181 e. The molecule has 2 aromatic carbocycles. The zero-order valence-corrected chi connectivity index (χ0v) is 15.9. The third kappa shape index (κ3) is 6.73. The summed E-state index contributed by atoms with van der Waals surface area (Å²) in [7, 11) is 1.80. The molecule has 0 fully saturated rings. The standard InChI is InChI=1S/C19H20BCl2FO3/c20-17(12-25-10-13-1-5-15(21)6-2-13)19(18(23)9-24)26-11-14-3-7-16(22)8-4-14/h1-9,17-19H,10-12,20H2/t17-,18+,19+/m0/s1. The van der Waals surface area contributed by atoms with Crippen LogP contribution in [0.4, 0.5) is 4.39 Å². The molecule has 2 aromatic rings. The first kappa shape index (κ1) is 20.9. The van der Waals surface area contributed by atoms with E-state index < -0.39 is 12.3 Å². The van der Waals surface area contributed by atoms with Crippen LogP contribution in [-0.2, 0) is 27.5 Å². The largest absolute Gasteiger partial charge is 0.377 e. The quantitative estimate of drug-likeness (QED) is 0.448. The van der Waals surface area contributed by atoms with Gasteiger partial charge in [0, 0.05) is 16.7 Å². The van der Waals surface area contributed by atoms with Crippen LogP contribution in [0.25, 0.3) is 0 Å². The van der Waals surface area contributed by atoms with Gasteiger partial charge >= 0.3 is 0 Å². The molecular formula is C19H20BCl2FO3. The summed E-state index contributed by atoms with van der Waals surface area (Å²) >= 11 is 11.7. The Labute approximate surface area is 163 Å². The first-order valence-electron chi connectivity index (χ1n) is 8.27. The number of hydrogen-bond donors (Lipinski definition) is 0. The summed E-state index contributed by atoms with van der Waals surface area (Å²) in [6.45, 7) is 0.837. The molecule has 7 heteroatoms. The van der Waals surface area contributed by atoms with Gasteiger partial charge in [-0.3, -0.25) is 0 Å².